The van der Waals surface area contributed by atoms with Crippen molar-refractivity contribution < 1.29 is 14.4 Å². The molecular formula is C30H39N3O3. The maximum Gasteiger partial charge on any atom is 0.348 e. The number of fused-ring (bicyclic) bond motifs is 5. The second-order valence-corrected chi connectivity index (χ2v) is 12.0. The van der Waals surface area contributed by atoms with Crippen molar-refractivity contribution in [3.8, 4) is 0 Å². The minimum absolute atomic E-state index is 0.234. The van der Waals surface area contributed by atoms with E-state index in [2.05, 4.69) is 53.2 Å². The molecule has 6 nitrogen and oxygen atoms in total. The Bertz CT molecular complexity index is 1090. The Morgan fingerprint density at radius 2 is 2.03 bits per heavy atom. The molecule has 4 aliphatic carbocycles. The molecule has 2 saturated carbocycles. The Morgan fingerprint density at radius 3 is 2.83 bits per heavy atom. The number of hydrogen-bond acceptors (Lipinski definition) is 6. The number of nitrogens with zero attached hydrogens (tertiary/aromatic N) is 3. The van der Waals surface area contributed by atoms with Crippen LogP contribution in [-0.4, -0.2) is 54.4 Å². The van der Waals surface area contributed by atoms with E-state index in [9.17, 15) is 4.79 Å². The lowest BCUT2D eigenvalue weighted by Crippen LogP contribution is -2.49. The van der Waals surface area contributed by atoms with Gasteiger partial charge in [-0.2, -0.15) is 0 Å². The molecule has 0 radical (unpaired) electrons. The van der Waals surface area contributed by atoms with E-state index >= 15 is 0 Å². The first kappa shape index (κ1) is 24.1. The fraction of sp³-hybridized carbons (Fsp3) is 0.633. The Morgan fingerprint density at radius 1 is 1.17 bits per heavy atom. The Balaban J connectivity index is 1.14. The largest absolute Gasteiger partial charge is 0.379 e. The summed E-state index contributed by atoms with van der Waals surface area (Å²) in [5.41, 5.74) is 5.79. The molecule has 0 aromatic carbocycles. The van der Waals surface area contributed by atoms with E-state index in [1.807, 2.05) is 12.4 Å². The summed E-state index contributed by atoms with van der Waals surface area (Å²) in [5.74, 6) is 1.94. The van der Waals surface area contributed by atoms with Crippen molar-refractivity contribution in [2.24, 2.45) is 33.7 Å². The van der Waals surface area contributed by atoms with Gasteiger partial charge >= 0.3 is 5.97 Å². The van der Waals surface area contributed by atoms with E-state index in [1.165, 1.54) is 42.4 Å². The molecule has 1 aliphatic heterocycles. The summed E-state index contributed by atoms with van der Waals surface area (Å²) in [5, 5.41) is 4.30. The molecule has 1 aromatic rings. The number of pyridine rings is 1. The molecule has 5 atom stereocenters. The standard InChI is InChI=1S/C30H39N3O3/c1-29-11-9-23(32-36-28(34)20-33-14-16-35-17-15-33)18-22(29)5-6-24-26-8-7-25(21-4-3-13-31-19-21)30(26,2)12-10-27(24)29/h3-4,7,13,18-19,24,26-27H,5-6,8-12,14-17,20H2,1-2H3/t24-,26+,27+,29+,30-/m1/s1. The van der Waals surface area contributed by atoms with Crippen molar-refractivity contribution in [1.29, 1.82) is 0 Å². The molecule has 6 heteroatoms. The van der Waals surface area contributed by atoms with Crippen LogP contribution in [0.1, 0.15) is 64.4 Å². The third kappa shape index (κ3) is 4.16. The van der Waals surface area contributed by atoms with Crippen LogP contribution in [0.2, 0.25) is 0 Å². The Kier molecular flexibility index (Phi) is 6.37. The smallest absolute Gasteiger partial charge is 0.348 e. The lowest BCUT2D eigenvalue weighted by molar-refractivity contribution is -0.146. The van der Waals surface area contributed by atoms with E-state index < -0.39 is 0 Å². The summed E-state index contributed by atoms with van der Waals surface area (Å²) in [7, 11) is 0. The second-order valence-electron chi connectivity index (χ2n) is 12.0. The lowest BCUT2D eigenvalue weighted by Gasteiger charge is -2.58. The van der Waals surface area contributed by atoms with Crippen molar-refractivity contribution in [3.63, 3.8) is 0 Å². The van der Waals surface area contributed by atoms with Gasteiger partial charge in [0.15, 0.2) is 0 Å². The maximum absolute atomic E-state index is 12.3. The van der Waals surface area contributed by atoms with Gasteiger partial charge in [0.2, 0.25) is 0 Å². The molecular weight excluding hydrogens is 450 g/mol. The number of carbonyl (C=O) groups is 1. The van der Waals surface area contributed by atoms with Gasteiger partial charge in [-0.1, -0.05) is 36.7 Å². The predicted octanol–water partition coefficient (Wildman–Crippen LogP) is 5.27. The topological polar surface area (TPSA) is 64.0 Å². The van der Waals surface area contributed by atoms with E-state index in [-0.39, 0.29) is 23.3 Å². The molecule has 0 unspecified atom stereocenters. The number of aromatic nitrogens is 1. The van der Waals surface area contributed by atoms with Crippen LogP contribution in [0.15, 0.2) is 47.4 Å². The van der Waals surface area contributed by atoms with Gasteiger partial charge in [-0.25, -0.2) is 4.79 Å². The van der Waals surface area contributed by atoms with Gasteiger partial charge in [0, 0.05) is 25.5 Å². The lowest BCUT2D eigenvalue weighted by atomic mass is 9.46. The maximum atomic E-state index is 12.3. The first-order chi connectivity index (χ1) is 17.5. The third-order valence-electron chi connectivity index (χ3n) is 10.3. The van der Waals surface area contributed by atoms with Crippen molar-refractivity contribution in [3.05, 3.63) is 47.8 Å². The van der Waals surface area contributed by atoms with Crippen LogP contribution < -0.4 is 0 Å². The van der Waals surface area contributed by atoms with Crippen LogP contribution in [0.4, 0.5) is 0 Å². The van der Waals surface area contributed by atoms with Crippen LogP contribution in [-0.2, 0) is 14.4 Å². The zero-order valence-electron chi connectivity index (χ0n) is 21.7. The summed E-state index contributed by atoms with van der Waals surface area (Å²) >= 11 is 0. The van der Waals surface area contributed by atoms with Crippen LogP contribution in [0.3, 0.4) is 0 Å². The number of allylic oxidation sites excluding steroid dienone is 4. The van der Waals surface area contributed by atoms with E-state index in [4.69, 9.17) is 9.57 Å². The molecule has 2 heterocycles. The van der Waals surface area contributed by atoms with E-state index in [0.717, 1.165) is 55.8 Å². The zero-order chi connectivity index (χ0) is 24.8. The minimum Gasteiger partial charge on any atom is -0.379 e. The molecule has 0 amide bonds. The third-order valence-corrected chi connectivity index (χ3v) is 10.3. The van der Waals surface area contributed by atoms with Crippen LogP contribution in [0.25, 0.3) is 5.57 Å². The zero-order valence-corrected chi connectivity index (χ0v) is 21.7. The van der Waals surface area contributed by atoms with Gasteiger partial charge in [0.05, 0.1) is 25.5 Å². The fourth-order valence-electron chi connectivity index (χ4n) is 8.26. The predicted molar refractivity (Wildman–Crippen MR) is 140 cm³/mol. The molecule has 1 saturated heterocycles. The first-order valence-corrected chi connectivity index (χ1v) is 13.9. The monoisotopic (exact) mass is 489 g/mol. The van der Waals surface area contributed by atoms with Gasteiger partial charge in [-0.3, -0.25) is 9.88 Å². The molecule has 3 fully saturated rings. The van der Waals surface area contributed by atoms with E-state index in [0.29, 0.717) is 13.2 Å². The highest BCUT2D eigenvalue weighted by atomic mass is 16.7. The first-order valence-electron chi connectivity index (χ1n) is 13.9. The Hall–Kier alpha value is -2.31. The van der Waals surface area contributed by atoms with Crippen LogP contribution in [0, 0.1) is 28.6 Å². The number of morpholine rings is 1. The molecule has 1 aromatic heterocycles. The summed E-state index contributed by atoms with van der Waals surface area (Å²) in [6.45, 7) is 8.21. The van der Waals surface area contributed by atoms with Crippen molar-refractivity contribution in [2.45, 2.75) is 58.8 Å². The number of ether oxygens (including phenoxy) is 1. The van der Waals surface area contributed by atoms with Gasteiger partial charge in [0.1, 0.15) is 0 Å². The highest BCUT2D eigenvalue weighted by molar-refractivity contribution is 5.96. The number of rotatable bonds is 4. The molecule has 5 aliphatic rings. The normalized spacial score (nSPS) is 37.4. The number of oxime groups is 1. The molecule has 192 valence electrons. The SMILES string of the molecule is C[C@]12CCC(=NOC(=O)CN3CCOCC3)C=C1CC[C@H]1[C@@H]2CC[C@]2(C)C(c3cccnc3)=CC[C@@H]12. The molecule has 0 N–H and O–H groups in total. The highest BCUT2D eigenvalue weighted by Crippen LogP contribution is 2.66. The van der Waals surface area contributed by atoms with Crippen LogP contribution >= 0.6 is 0 Å². The average Bonchev–Trinajstić information content (AvgIpc) is 3.26. The number of carbonyl (C=O) groups excluding carboxylic acids is 1. The molecule has 0 bridgehead atoms. The van der Waals surface area contributed by atoms with Gasteiger partial charge in [-0.05, 0) is 96.8 Å². The van der Waals surface area contributed by atoms with Gasteiger partial charge in [-0.15, -0.1) is 0 Å². The van der Waals surface area contributed by atoms with E-state index in [1.54, 1.807) is 0 Å². The second kappa shape index (κ2) is 9.53. The van der Waals surface area contributed by atoms with Crippen molar-refractivity contribution in [1.82, 2.24) is 9.88 Å². The molecule has 0 spiro atoms. The highest BCUT2D eigenvalue weighted by Gasteiger charge is 2.57. The summed E-state index contributed by atoms with van der Waals surface area (Å²) in [6.07, 6.45) is 16.8. The Labute approximate surface area is 214 Å². The van der Waals surface area contributed by atoms with Gasteiger partial charge < -0.3 is 9.57 Å². The average molecular weight is 490 g/mol. The van der Waals surface area contributed by atoms with Crippen molar-refractivity contribution in [2.75, 3.05) is 32.8 Å². The van der Waals surface area contributed by atoms with Gasteiger partial charge in [0.25, 0.3) is 0 Å². The molecule has 6 rings (SSSR count). The molecule has 36 heavy (non-hydrogen) atoms. The minimum atomic E-state index is -0.274. The van der Waals surface area contributed by atoms with Crippen molar-refractivity contribution >= 4 is 17.3 Å². The summed E-state index contributed by atoms with van der Waals surface area (Å²) < 4.78 is 5.35. The summed E-state index contributed by atoms with van der Waals surface area (Å²) in [6, 6.07) is 4.30. The fourth-order valence-corrected chi connectivity index (χ4v) is 8.26. The van der Waals surface area contributed by atoms with Crippen LogP contribution in [0.5, 0.6) is 0 Å². The summed E-state index contributed by atoms with van der Waals surface area (Å²) in [4.78, 5) is 24.1. The quantitative estimate of drug-likeness (QED) is 0.426. The number of hydrogen-bond donors (Lipinski definition) is 0.